The van der Waals surface area contributed by atoms with Gasteiger partial charge in [0.2, 0.25) is 5.91 Å². The van der Waals surface area contributed by atoms with Crippen LogP contribution in [0.2, 0.25) is 0 Å². The summed E-state index contributed by atoms with van der Waals surface area (Å²) in [4.78, 5) is 28.4. The Morgan fingerprint density at radius 2 is 1.93 bits per heavy atom. The molecule has 1 aromatic heterocycles. The summed E-state index contributed by atoms with van der Waals surface area (Å²) in [5, 5.41) is 5.53. The fourth-order valence-electron chi connectivity index (χ4n) is 3.23. The van der Waals surface area contributed by atoms with Crippen LogP contribution < -0.4 is 10.6 Å². The number of benzene rings is 1. The van der Waals surface area contributed by atoms with Crippen LogP contribution in [0.25, 0.3) is 0 Å². The molecule has 2 amide bonds. The van der Waals surface area contributed by atoms with Gasteiger partial charge < -0.3 is 20.1 Å². The molecule has 0 bridgehead atoms. The second-order valence-corrected chi connectivity index (χ2v) is 6.70. The number of amides is 2. The van der Waals surface area contributed by atoms with Crippen LogP contribution in [0.15, 0.2) is 54.9 Å². The van der Waals surface area contributed by atoms with E-state index in [1.54, 1.807) is 12.4 Å². The predicted molar refractivity (Wildman–Crippen MR) is 103 cm³/mol. The van der Waals surface area contributed by atoms with E-state index in [1.807, 2.05) is 42.5 Å². The minimum atomic E-state index is -0.622. The Morgan fingerprint density at radius 1 is 1.14 bits per heavy atom. The standard InChI is InChI=1S/C21H25N3O4/c25-19(14-23-21(26)28-15-16-5-2-1-3-6-16)24-20(17-8-11-27-12-9-17)18-7-4-10-22-13-18/h1-7,10,13,17,20H,8-9,11-12,14-15H2,(H,23,26)(H,24,25). The lowest BCUT2D eigenvalue weighted by molar-refractivity contribution is -0.121. The number of rotatable bonds is 7. The largest absolute Gasteiger partial charge is 0.445 e. The first-order chi connectivity index (χ1) is 13.7. The maximum Gasteiger partial charge on any atom is 0.407 e. The molecule has 7 nitrogen and oxygen atoms in total. The molecule has 0 aliphatic carbocycles. The molecule has 148 valence electrons. The minimum absolute atomic E-state index is 0.145. The molecule has 2 heterocycles. The molecule has 0 spiro atoms. The van der Waals surface area contributed by atoms with Crippen LogP contribution in [0, 0.1) is 5.92 Å². The average Bonchev–Trinajstić information content (AvgIpc) is 2.76. The van der Waals surface area contributed by atoms with Gasteiger partial charge in [0.25, 0.3) is 0 Å². The van der Waals surface area contributed by atoms with Crippen LogP contribution >= 0.6 is 0 Å². The number of ether oxygens (including phenoxy) is 2. The van der Waals surface area contributed by atoms with Gasteiger partial charge in [-0.1, -0.05) is 36.4 Å². The molecule has 1 saturated heterocycles. The zero-order valence-corrected chi connectivity index (χ0v) is 15.7. The quantitative estimate of drug-likeness (QED) is 0.767. The molecular formula is C21H25N3O4. The van der Waals surface area contributed by atoms with Gasteiger partial charge in [-0.3, -0.25) is 9.78 Å². The van der Waals surface area contributed by atoms with Gasteiger partial charge in [-0.15, -0.1) is 0 Å². The molecule has 28 heavy (non-hydrogen) atoms. The molecule has 2 aromatic rings. The van der Waals surface area contributed by atoms with Crippen molar-refractivity contribution in [2.45, 2.75) is 25.5 Å². The van der Waals surface area contributed by atoms with Gasteiger partial charge in [-0.25, -0.2) is 4.79 Å². The minimum Gasteiger partial charge on any atom is -0.445 e. The van der Waals surface area contributed by atoms with E-state index in [0.717, 1.165) is 24.0 Å². The smallest absolute Gasteiger partial charge is 0.407 e. The second-order valence-electron chi connectivity index (χ2n) is 6.70. The van der Waals surface area contributed by atoms with Crippen molar-refractivity contribution in [1.82, 2.24) is 15.6 Å². The topological polar surface area (TPSA) is 89.6 Å². The summed E-state index contributed by atoms with van der Waals surface area (Å²) >= 11 is 0. The summed E-state index contributed by atoms with van der Waals surface area (Å²) in [6, 6.07) is 13.0. The zero-order valence-electron chi connectivity index (χ0n) is 15.7. The maximum atomic E-state index is 12.4. The Hall–Kier alpha value is -2.93. The number of hydrogen-bond acceptors (Lipinski definition) is 5. The van der Waals surface area contributed by atoms with Crippen molar-refractivity contribution >= 4 is 12.0 Å². The summed E-state index contributed by atoms with van der Waals surface area (Å²) in [7, 11) is 0. The summed E-state index contributed by atoms with van der Waals surface area (Å²) in [5.41, 5.74) is 1.84. The number of alkyl carbamates (subject to hydrolysis) is 1. The van der Waals surface area contributed by atoms with Crippen molar-refractivity contribution < 1.29 is 19.1 Å². The number of carbonyl (C=O) groups excluding carboxylic acids is 2. The van der Waals surface area contributed by atoms with Crippen LogP contribution in [0.5, 0.6) is 0 Å². The van der Waals surface area contributed by atoms with E-state index in [9.17, 15) is 9.59 Å². The lowest BCUT2D eigenvalue weighted by atomic mass is 9.87. The van der Waals surface area contributed by atoms with Crippen molar-refractivity contribution in [3.05, 3.63) is 66.0 Å². The van der Waals surface area contributed by atoms with Crippen molar-refractivity contribution in [2.24, 2.45) is 5.92 Å². The normalized spacial score (nSPS) is 15.4. The molecule has 1 atom stereocenters. The third kappa shape index (κ3) is 6.06. The fraction of sp³-hybridized carbons (Fsp3) is 0.381. The molecule has 3 rings (SSSR count). The van der Waals surface area contributed by atoms with E-state index in [1.165, 1.54) is 0 Å². The highest BCUT2D eigenvalue weighted by atomic mass is 16.5. The molecule has 7 heteroatoms. The Balaban J connectivity index is 1.49. The summed E-state index contributed by atoms with van der Waals surface area (Å²) < 4.78 is 10.6. The highest BCUT2D eigenvalue weighted by Crippen LogP contribution is 2.29. The Labute approximate surface area is 164 Å². The van der Waals surface area contributed by atoms with E-state index in [2.05, 4.69) is 15.6 Å². The van der Waals surface area contributed by atoms with Gasteiger partial charge in [0, 0.05) is 25.6 Å². The van der Waals surface area contributed by atoms with Gasteiger partial charge in [0.05, 0.1) is 6.04 Å². The molecule has 0 saturated carbocycles. The Morgan fingerprint density at radius 3 is 2.64 bits per heavy atom. The predicted octanol–water partition coefficient (Wildman–Crippen LogP) is 2.59. The van der Waals surface area contributed by atoms with E-state index < -0.39 is 6.09 Å². The van der Waals surface area contributed by atoms with E-state index >= 15 is 0 Å². The monoisotopic (exact) mass is 383 g/mol. The van der Waals surface area contributed by atoms with Gasteiger partial charge in [-0.2, -0.15) is 0 Å². The first kappa shape index (κ1) is 19.8. The Kier molecular flexibility index (Phi) is 7.37. The summed E-state index contributed by atoms with van der Waals surface area (Å²) in [5.74, 6) is 0.00365. The van der Waals surface area contributed by atoms with Gasteiger partial charge in [0.15, 0.2) is 0 Å². The van der Waals surface area contributed by atoms with Gasteiger partial charge >= 0.3 is 6.09 Å². The highest BCUT2D eigenvalue weighted by molar-refractivity contribution is 5.82. The van der Waals surface area contributed by atoms with Gasteiger partial charge in [-0.05, 0) is 36.0 Å². The van der Waals surface area contributed by atoms with Crippen molar-refractivity contribution in [3.63, 3.8) is 0 Å². The van der Waals surface area contributed by atoms with Crippen LogP contribution in [0.3, 0.4) is 0 Å². The van der Waals surface area contributed by atoms with Crippen molar-refractivity contribution in [2.75, 3.05) is 19.8 Å². The summed E-state index contributed by atoms with van der Waals surface area (Å²) in [6.45, 7) is 1.38. The maximum absolute atomic E-state index is 12.4. The van der Waals surface area contributed by atoms with Crippen LogP contribution in [0.4, 0.5) is 4.79 Å². The molecule has 1 aromatic carbocycles. The van der Waals surface area contributed by atoms with E-state index in [4.69, 9.17) is 9.47 Å². The van der Waals surface area contributed by atoms with E-state index in [0.29, 0.717) is 13.2 Å². The van der Waals surface area contributed by atoms with Crippen LogP contribution in [0.1, 0.15) is 30.0 Å². The summed E-state index contributed by atoms with van der Waals surface area (Å²) in [6.07, 6.45) is 4.58. The number of aromatic nitrogens is 1. The highest BCUT2D eigenvalue weighted by Gasteiger charge is 2.27. The fourth-order valence-corrected chi connectivity index (χ4v) is 3.23. The number of carbonyl (C=O) groups is 2. The second kappa shape index (κ2) is 10.4. The van der Waals surface area contributed by atoms with Gasteiger partial charge in [0.1, 0.15) is 13.2 Å². The molecule has 1 aliphatic heterocycles. The third-order valence-corrected chi connectivity index (χ3v) is 4.70. The molecule has 0 radical (unpaired) electrons. The molecule has 1 unspecified atom stereocenters. The molecular weight excluding hydrogens is 358 g/mol. The zero-order chi connectivity index (χ0) is 19.6. The lowest BCUT2D eigenvalue weighted by Gasteiger charge is -2.31. The third-order valence-electron chi connectivity index (χ3n) is 4.70. The van der Waals surface area contributed by atoms with Crippen LogP contribution in [-0.4, -0.2) is 36.7 Å². The van der Waals surface area contributed by atoms with E-state index in [-0.39, 0.29) is 31.0 Å². The molecule has 2 N–H and O–H groups in total. The lowest BCUT2D eigenvalue weighted by Crippen LogP contribution is -2.42. The first-order valence-electron chi connectivity index (χ1n) is 9.44. The Bertz CT molecular complexity index is 749. The van der Waals surface area contributed by atoms with Crippen molar-refractivity contribution in [1.29, 1.82) is 0 Å². The van der Waals surface area contributed by atoms with Crippen molar-refractivity contribution in [3.8, 4) is 0 Å². The van der Waals surface area contributed by atoms with Crippen LogP contribution in [-0.2, 0) is 20.9 Å². The number of nitrogens with one attached hydrogen (secondary N) is 2. The SMILES string of the molecule is O=C(CNC(=O)OCc1ccccc1)NC(c1cccnc1)C1CCOCC1. The first-order valence-corrected chi connectivity index (χ1v) is 9.44. The number of pyridine rings is 1. The number of hydrogen-bond donors (Lipinski definition) is 2. The number of nitrogens with zero attached hydrogens (tertiary/aromatic N) is 1. The average molecular weight is 383 g/mol. The molecule has 1 fully saturated rings. The molecule has 1 aliphatic rings.